The molecule has 0 radical (unpaired) electrons. The van der Waals surface area contributed by atoms with E-state index in [0.29, 0.717) is 9.76 Å². The summed E-state index contributed by atoms with van der Waals surface area (Å²) < 4.78 is 0.603. The Kier molecular flexibility index (Phi) is 2.08. The highest BCUT2D eigenvalue weighted by Gasteiger charge is 2.01. The van der Waals surface area contributed by atoms with Gasteiger partial charge in [-0.25, -0.2) is 0 Å². The molecule has 0 N–H and O–H groups in total. The first-order valence-electron chi connectivity index (χ1n) is 2.50. The van der Waals surface area contributed by atoms with E-state index >= 15 is 0 Å². The molecule has 0 bridgehead atoms. The number of aromatic nitrogens is 3. The van der Waals surface area contributed by atoms with E-state index in [-0.39, 0.29) is 0 Å². The lowest BCUT2D eigenvalue weighted by Crippen LogP contribution is -1.97. The van der Waals surface area contributed by atoms with Gasteiger partial charge >= 0.3 is 0 Å². The summed E-state index contributed by atoms with van der Waals surface area (Å²) in [6.07, 6.45) is 0. The third-order valence-corrected chi connectivity index (χ3v) is 1.88. The monoisotopic (exact) mass is 209 g/mol. The average molecular weight is 210 g/mol. The van der Waals surface area contributed by atoms with Crippen LogP contribution in [0.5, 0.6) is 0 Å². The number of hydrogen-bond acceptors (Lipinski definition) is 2. The van der Waals surface area contributed by atoms with Gasteiger partial charge in [-0.15, -0.1) is 10.2 Å². The van der Waals surface area contributed by atoms with Crippen molar-refractivity contribution in [3.05, 3.63) is 9.76 Å². The van der Waals surface area contributed by atoms with E-state index in [1.54, 1.807) is 0 Å². The summed E-state index contributed by atoms with van der Waals surface area (Å²) in [5.41, 5.74) is 0. The lowest BCUT2D eigenvalue weighted by Gasteiger charge is -1.85. The zero-order valence-corrected chi connectivity index (χ0v) is 7.15. The van der Waals surface area contributed by atoms with Crippen LogP contribution in [0.1, 0.15) is 6.92 Å². The highest BCUT2D eigenvalue weighted by atomic mass is 79.9. The molecule has 0 saturated heterocycles. The molecular formula is C4H5BrClN3. The van der Waals surface area contributed by atoms with Crippen LogP contribution in [-0.4, -0.2) is 15.0 Å². The predicted octanol–water partition coefficient (Wildman–Crippen LogP) is 1.71. The first-order valence-corrected chi connectivity index (χ1v) is 3.67. The lowest BCUT2D eigenvalue weighted by molar-refractivity contribution is 0.567. The summed E-state index contributed by atoms with van der Waals surface area (Å²) in [6, 6.07) is 0. The Labute approximate surface area is 66.1 Å². The molecule has 1 aromatic rings. The molecule has 3 nitrogen and oxygen atoms in total. The van der Waals surface area contributed by atoms with Crippen LogP contribution in [0.15, 0.2) is 4.60 Å². The van der Waals surface area contributed by atoms with Crippen molar-refractivity contribution < 1.29 is 0 Å². The van der Waals surface area contributed by atoms with Crippen LogP contribution < -0.4 is 0 Å². The molecule has 1 heterocycles. The normalized spacial score (nSPS) is 10.1. The SMILES string of the molecule is CCn1nc(Cl)c(Br)n1. The maximum Gasteiger partial charge on any atom is 0.185 e. The molecule has 50 valence electrons. The quantitative estimate of drug-likeness (QED) is 0.706. The van der Waals surface area contributed by atoms with Crippen molar-refractivity contribution >= 4 is 27.5 Å². The number of hydrogen-bond donors (Lipinski definition) is 0. The zero-order chi connectivity index (χ0) is 6.85. The smallest absolute Gasteiger partial charge is 0.183 e. The van der Waals surface area contributed by atoms with Crippen LogP contribution in [0.25, 0.3) is 0 Å². The minimum Gasteiger partial charge on any atom is -0.183 e. The van der Waals surface area contributed by atoms with Crippen molar-refractivity contribution in [2.75, 3.05) is 0 Å². The maximum absolute atomic E-state index is 5.57. The molecule has 0 atom stereocenters. The third kappa shape index (κ3) is 1.43. The van der Waals surface area contributed by atoms with Crippen molar-refractivity contribution in [1.82, 2.24) is 15.0 Å². The minimum absolute atomic E-state index is 0.414. The standard InChI is InChI=1S/C4H5BrClN3/c1-2-9-7-3(5)4(6)8-9/h2H2,1H3. The van der Waals surface area contributed by atoms with Gasteiger partial charge < -0.3 is 0 Å². The molecule has 5 heteroatoms. The Morgan fingerprint density at radius 3 is 2.56 bits per heavy atom. The van der Waals surface area contributed by atoms with Gasteiger partial charge in [0.2, 0.25) is 0 Å². The lowest BCUT2D eigenvalue weighted by atomic mass is 10.8. The van der Waals surface area contributed by atoms with Crippen LogP contribution >= 0.6 is 27.5 Å². The van der Waals surface area contributed by atoms with Crippen molar-refractivity contribution in [1.29, 1.82) is 0 Å². The molecule has 0 saturated carbocycles. The maximum atomic E-state index is 5.57. The first-order chi connectivity index (χ1) is 4.24. The van der Waals surface area contributed by atoms with E-state index in [2.05, 4.69) is 26.1 Å². The van der Waals surface area contributed by atoms with Crippen LogP contribution in [0, 0.1) is 0 Å². The molecule has 0 amide bonds. The molecule has 0 fully saturated rings. The molecule has 0 aliphatic carbocycles. The third-order valence-electron chi connectivity index (χ3n) is 0.860. The van der Waals surface area contributed by atoms with Gasteiger partial charge in [-0.1, -0.05) is 11.6 Å². The summed E-state index contributed by atoms with van der Waals surface area (Å²) in [6.45, 7) is 2.69. The van der Waals surface area contributed by atoms with Gasteiger partial charge in [0, 0.05) is 0 Å². The van der Waals surface area contributed by atoms with E-state index in [4.69, 9.17) is 11.6 Å². The number of halogens is 2. The van der Waals surface area contributed by atoms with Gasteiger partial charge in [0.15, 0.2) is 9.76 Å². The van der Waals surface area contributed by atoms with Crippen molar-refractivity contribution in [2.45, 2.75) is 13.5 Å². The molecule has 1 rings (SSSR count). The molecule has 0 aliphatic heterocycles. The van der Waals surface area contributed by atoms with Gasteiger partial charge in [0.1, 0.15) is 0 Å². The zero-order valence-electron chi connectivity index (χ0n) is 4.80. The fraction of sp³-hybridized carbons (Fsp3) is 0.500. The first kappa shape index (κ1) is 7.02. The van der Waals surface area contributed by atoms with Gasteiger partial charge in [-0.2, -0.15) is 4.80 Å². The predicted molar refractivity (Wildman–Crippen MR) is 38.4 cm³/mol. The Hall–Kier alpha value is -0.0900. The average Bonchev–Trinajstić information content (AvgIpc) is 2.13. The molecule has 1 aromatic heterocycles. The highest BCUT2D eigenvalue weighted by molar-refractivity contribution is 9.10. The van der Waals surface area contributed by atoms with E-state index < -0.39 is 0 Å². The summed E-state index contributed by atoms with van der Waals surface area (Å²) in [5.74, 6) is 0. The van der Waals surface area contributed by atoms with E-state index in [1.165, 1.54) is 4.80 Å². The van der Waals surface area contributed by atoms with Gasteiger partial charge in [-0.3, -0.25) is 0 Å². The summed E-state index contributed by atoms with van der Waals surface area (Å²) >= 11 is 8.70. The van der Waals surface area contributed by atoms with Gasteiger partial charge in [0.05, 0.1) is 6.54 Å². The van der Waals surface area contributed by atoms with E-state index in [1.807, 2.05) is 6.92 Å². The fourth-order valence-electron chi connectivity index (χ4n) is 0.449. The van der Waals surface area contributed by atoms with Crippen LogP contribution in [0.2, 0.25) is 5.15 Å². The van der Waals surface area contributed by atoms with Crippen molar-refractivity contribution in [2.24, 2.45) is 0 Å². The number of rotatable bonds is 1. The topological polar surface area (TPSA) is 30.7 Å². The van der Waals surface area contributed by atoms with E-state index in [9.17, 15) is 0 Å². The highest BCUT2D eigenvalue weighted by Crippen LogP contribution is 2.15. The molecule has 0 spiro atoms. The van der Waals surface area contributed by atoms with Crippen LogP contribution in [0.4, 0.5) is 0 Å². The number of aryl methyl sites for hydroxylation is 1. The second-order valence-electron chi connectivity index (χ2n) is 1.47. The Balaban J connectivity index is 2.98. The Morgan fingerprint density at radius 1 is 1.67 bits per heavy atom. The second kappa shape index (κ2) is 2.66. The number of nitrogens with zero attached hydrogens (tertiary/aromatic N) is 3. The van der Waals surface area contributed by atoms with Gasteiger partial charge in [-0.05, 0) is 22.9 Å². The van der Waals surface area contributed by atoms with Gasteiger partial charge in [0.25, 0.3) is 0 Å². The molecular weight excluding hydrogens is 205 g/mol. The van der Waals surface area contributed by atoms with Crippen molar-refractivity contribution in [3.8, 4) is 0 Å². The summed E-state index contributed by atoms with van der Waals surface area (Å²) in [4.78, 5) is 1.52. The Bertz CT molecular complexity index is 190. The molecule has 0 unspecified atom stereocenters. The summed E-state index contributed by atoms with van der Waals surface area (Å²) in [7, 11) is 0. The summed E-state index contributed by atoms with van der Waals surface area (Å²) in [5, 5.41) is 8.19. The van der Waals surface area contributed by atoms with Crippen LogP contribution in [-0.2, 0) is 6.54 Å². The fourth-order valence-corrected chi connectivity index (χ4v) is 0.836. The van der Waals surface area contributed by atoms with Crippen molar-refractivity contribution in [3.63, 3.8) is 0 Å². The molecule has 0 aromatic carbocycles. The largest absolute Gasteiger partial charge is 0.185 e. The van der Waals surface area contributed by atoms with Crippen LogP contribution in [0.3, 0.4) is 0 Å². The second-order valence-corrected chi connectivity index (χ2v) is 2.58. The molecule has 9 heavy (non-hydrogen) atoms. The minimum atomic E-state index is 0.414. The molecule has 0 aliphatic rings. The van der Waals surface area contributed by atoms with E-state index in [0.717, 1.165) is 6.54 Å². The Morgan fingerprint density at radius 2 is 2.33 bits per heavy atom.